The molecule has 0 fully saturated rings. The number of halogens is 2. The van der Waals surface area contributed by atoms with E-state index in [-0.39, 0.29) is 28.2 Å². The predicted octanol–water partition coefficient (Wildman–Crippen LogP) is 5.17. The first-order valence-corrected chi connectivity index (χ1v) is 10.3. The van der Waals surface area contributed by atoms with Crippen molar-refractivity contribution in [1.29, 1.82) is 0 Å². The summed E-state index contributed by atoms with van der Waals surface area (Å²) in [6, 6.07) is 14.6. The van der Waals surface area contributed by atoms with Crippen LogP contribution in [-0.4, -0.2) is 13.4 Å². The number of sulfone groups is 1. The Balaban J connectivity index is 1.77. The van der Waals surface area contributed by atoms with Crippen molar-refractivity contribution in [3.8, 4) is 11.5 Å². The molecule has 4 rings (SSSR count). The van der Waals surface area contributed by atoms with E-state index < -0.39 is 15.7 Å². The largest absolute Gasteiger partial charge is 0.467 e. The van der Waals surface area contributed by atoms with Crippen molar-refractivity contribution >= 4 is 27.3 Å². The van der Waals surface area contributed by atoms with Gasteiger partial charge in [-0.25, -0.2) is 12.8 Å². The van der Waals surface area contributed by atoms with Gasteiger partial charge in [0.15, 0.2) is 0 Å². The van der Waals surface area contributed by atoms with Crippen molar-refractivity contribution in [3.63, 3.8) is 0 Å². The van der Waals surface area contributed by atoms with E-state index in [1.807, 2.05) is 0 Å². The number of benzene rings is 2. The molecule has 0 aliphatic rings. The van der Waals surface area contributed by atoms with Crippen LogP contribution in [0.4, 0.5) is 10.3 Å². The molecule has 6 nitrogen and oxygen atoms in total. The molecule has 0 saturated heterocycles. The summed E-state index contributed by atoms with van der Waals surface area (Å²) in [6.07, 6.45) is 1.51. The summed E-state index contributed by atoms with van der Waals surface area (Å²) < 4.78 is 50.4. The summed E-state index contributed by atoms with van der Waals surface area (Å²) in [5, 5.41) is 3.12. The van der Waals surface area contributed by atoms with Gasteiger partial charge in [0.2, 0.25) is 26.6 Å². The summed E-state index contributed by atoms with van der Waals surface area (Å²) in [7, 11) is -4.06. The lowest BCUT2D eigenvalue weighted by Gasteiger charge is -2.05. The van der Waals surface area contributed by atoms with Crippen LogP contribution in [0.2, 0.25) is 5.02 Å². The number of hydrogen-bond acceptors (Lipinski definition) is 6. The normalized spacial score (nSPS) is 11.5. The zero-order chi connectivity index (χ0) is 20.4. The van der Waals surface area contributed by atoms with E-state index in [0.29, 0.717) is 16.3 Å². The van der Waals surface area contributed by atoms with Crippen molar-refractivity contribution in [2.75, 3.05) is 5.32 Å². The maximum atomic E-state index is 13.2. The zero-order valence-corrected chi connectivity index (χ0v) is 16.4. The second kappa shape index (κ2) is 7.73. The second-order valence-electron chi connectivity index (χ2n) is 6.05. The number of furan rings is 1. The molecule has 0 aliphatic carbocycles. The van der Waals surface area contributed by atoms with Gasteiger partial charge < -0.3 is 14.2 Å². The summed E-state index contributed by atoms with van der Waals surface area (Å²) in [6.45, 7) is 0.189. The van der Waals surface area contributed by atoms with Gasteiger partial charge in [-0.3, -0.25) is 0 Å². The van der Waals surface area contributed by atoms with Gasteiger partial charge in [0.05, 0.1) is 17.7 Å². The first-order valence-electron chi connectivity index (χ1n) is 8.47. The molecular weight excluding hydrogens is 419 g/mol. The van der Waals surface area contributed by atoms with Crippen LogP contribution >= 0.6 is 11.6 Å². The van der Waals surface area contributed by atoms with Crippen LogP contribution in [0.1, 0.15) is 5.76 Å². The summed E-state index contributed by atoms with van der Waals surface area (Å²) in [5.41, 5.74) is 0.552. The summed E-state index contributed by atoms with van der Waals surface area (Å²) in [5.74, 6) is 0.0988. The van der Waals surface area contributed by atoms with Gasteiger partial charge in [-0.2, -0.15) is 4.98 Å². The molecule has 0 radical (unpaired) electrons. The maximum Gasteiger partial charge on any atom is 0.234 e. The zero-order valence-electron chi connectivity index (χ0n) is 14.8. The van der Waals surface area contributed by atoms with Crippen LogP contribution in [0.3, 0.4) is 0 Å². The van der Waals surface area contributed by atoms with Gasteiger partial charge in [-0.05, 0) is 60.7 Å². The predicted molar refractivity (Wildman–Crippen MR) is 105 cm³/mol. The first kappa shape index (κ1) is 19.2. The monoisotopic (exact) mass is 432 g/mol. The highest BCUT2D eigenvalue weighted by atomic mass is 35.5. The van der Waals surface area contributed by atoms with E-state index in [4.69, 9.17) is 20.4 Å². The summed E-state index contributed by atoms with van der Waals surface area (Å²) in [4.78, 5) is 4.09. The van der Waals surface area contributed by atoms with Gasteiger partial charge in [0.25, 0.3) is 0 Å². The van der Waals surface area contributed by atoms with E-state index in [2.05, 4.69) is 10.3 Å². The van der Waals surface area contributed by atoms with Crippen LogP contribution in [0, 0.1) is 5.82 Å². The van der Waals surface area contributed by atoms with Crippen LogP contribution in [-0.2, 0) is 16.4 Å². The number of rotatable bonds is 6. The minimum atomic E-state index is -4.06. The number of anilines is 1. The third-order valence-corrected chi connectivity index (χ3v) is 6.00. The smallest absolute Gasteiger partial charge is 0.234 e. The van der Waals surface area contributed by atoms with Crippen LogP contribution in [0.25, 0.3) is 11.5 Å². The quantitative estimate of drug-likeness (QED) is 0.423. The Hall–Kier alpha value is -3.10. The number of hydrogen-bond donors (Lipinski definition) is 1. The Bertz CT molecular complexity index is 1220. The summed E-state index contributed by atoms with van der Waals surface area (Å²) >= 11 is 5.91. The van der Waals surface area contributed by atoms with Crippen molar-refractivity contribution in [2.45, 2.75) is 16.5 Å². The fraction of sp³-hybridized carbons (Fsp3) is 0.0500. The van der Waals surface area contributed by atoms with Crippen LogP contribution in [0.5, 0.6) is 0 Å². The SMILES string of the molecule is O=S(=O)(c1ccc(F)cc1)c1nc(-c2ccc(Cl)cc2)oc1NCc1ccco1. The lowest BCUT2D eigenvalue weighted by Crippen LogP contribution is -2.07. The van der Waals surface area contributed by atoms with Crippen molar-refractivity contribution < 1.29 is 21.6 Å². The molecule has 0 saturated carbocycles. The molecular formula is C20H14ClFN2O4S. The molecule has 2 aromatic carbocycles. The van der Waals surface area contributed by atoms with E-state index in [1.165, 1.54) is 18.4 Å². The third-order valence-electron chi connectivity index (χ3n) is 4.07. The molecule has 1 N–H and O–H groups in total. The van der Waals surface area contributed by atoms with Gasteiger partial charge >= 0.3 is 0 Å². The van der Waals surface area contributed by atoms with E-state index in [1.54, 1.807) is 36.4 Å². The van der Waals surface area contributed by atoms with E-state index in [9.17, 15) is 12.8 Å². The lowest BCUT2D eigenvalue weighted by molar-refractivity contribution is 0.511. The minimum absolute atomic E-state index is 0.0457. The highest BCUT2D eigenvalue weighted by molar-refractivity contribution is 7.91. The Morgan fingerprint density at radius 1 is 1.03 bits per heavy atom. The maximum absolute atomic E-state index is 13.2. The molecule has 148 valence electrons. The molecule has 0 spiro atoms. The van der Waals surface area contributed by atoms with Gasteiger partial charge in [-0.1, -0.05) is 11.6 Å². The molecule has 0 aliphatic heterocycles. The molecule has 2 heterocycles. The highest BCUT2D eigenvalue weighted by Gasteiger charge is 2.28. The molecule has 4 aromatic rings. The van der Waals surface area contributed by atoms with Gasteiger partial charge in [0, 0.05) is 10.6 Å². The fourth-order valence-electron chi connectivity index (χ4n) is 2.62. The van der Waals surface area contributed by atoms with Gasteiger partial charge in [0.1, 0.15) is 11.6 Å². The van der Waals surface area contributed by atoms with Crippen LogP contribution in [0.15, 0.2) is 85.7 Å². The number of oxazole rings is 1. The van der Waals surface area contributed by atoms with Gasteiger partial charge in [-0.15, -0.1) is 0 Å². The Kier molecular flexibility index (Phi) is 5.12. The average Bonchev–Trinajstić information content (AvgIpc) is 3.37. The molecule has 0 atom stereocenters. The topological polar surface area (TPSA) is 85.3 Å². The average molecular weight is 433 g/mol. The standard InChI is InChI=1S/C20H14ClFN2O4S/c21-14-5-3-13(4-6-14)18-24-20(19(28-18)23-12-16-2-1-11-27-16)29(25,26)17-9-7-15(22)8-10-17/h1-11,23H,12H2. The highest BCUT2D eigenvalue weighted by Crippen LogP contribution is 2.33. The molecule has 0 bridgehead atoms. The second-order valence-corrected chi connectivity index (χ2v) is 8.35. The van der Waals surface area contributed by atoms with E-state index in [0.717, 1.165) is 12.1 Å². The van der Waals surface area contributed by atoms with E-state index >= 15 is 0 Å². The lowest BCUT2D eigenvalue weighted by atomic mass is 10.2. The fourth-order valence-corrected chi connectivity index (χ4v) is 4.03. The molecule has 0 amide bonds. The van der Waals surface area contributed by atoms with Crippen molar-refractivity contribution in [2.24, 2.45) is 0 Å². The molecule has 29 heavy (non-hydrogen) atoms. The molecule has 9 heteroatoms. The molecule has 0 unspecified atom stereocenters. The Morgan fingerprint density at radius 2 is 1.76 bits per heavy atom. The third kappa shape index (κ3) is 4.03. The minimum Gasteiger partial charge on any atom is -0.467 e. The first-order chi connectivity index (χ1) is 13.9. The molecule has 2 aromatic heterocycles. The number of nitrogens with one attached hydrogen (secondary N) is 1. The Labute approximate surface area is 170 Å². The van der Waals surface area contributed by atoms with Crippen molar-refractivity contribution in [3.05, 3.63) is 83.5 Å². The Morgan fingerprint density at radius 3 is 2.41 bits per heavy atom. The van der Waals surface area contributed by atoms with Crippen LogP contribution < -0.4 is 5.32 Å². The number of nitrogens with zero attached hydrogens (tertiary/aromatic N) is 1. The number of aromatic nitrogens is 1. The van der Waals surface area contributed by atoms with Crippen molar-refractivity contribution in [1.82, 2.24) is 4.98 Å².